The van der Waals surface area contributed by atoms with Gasteiger partial charge in [-0.25, -0.2) is 4.90 Å². The van der Waals surface area contributed by atoms with E-state index in [1.165, 1.54) is 4.90 Å². The quantitative estimate of drug-likeness (QED) is 0.585. The van der Waals surface area contributed by atoms with Gasteiger partial charge in [0.2, 0.25) is 11.8 Å². The van der Waals surface area contributed by atoms with Crippen LogP contribution in [0.4, 0.5) is 5.69 Å². The lowest BCUT2D eigenvalue weighted by atomic mass is 9.85. The van der Waals surface area contributed by atoms with Crippen molar-refractivity contribution in [3.8, 4) is 11.5 Å². The second kappa shape index (κ2) is 4.12. The van der Waals surface area contributed by atoms with Crippen LogP contribution in [0.15, 0.2) is 30.4 Å². The number of hydrogen-bond acceptors (Lipinski definition) is 4. The average Bonchev–Trinajstić information content (AvgIpc) is 3.21. The molecule has 22 heavy (non-hydrogen) atoms. The second-order valence-electron chi connectivity index (χ2n) is 6.34. The van der Waals surface area contributed by atoms with Crippen molar-refractivity contribution in [1.29, 1.82) is 0 Å². The molecule has 1 aromatic carbocycles. The van der Waals surface area contributed by atoms with E-state index < -0.39 is 0 Å². The third-order valence-corrected chi connectivity index (χ3v) is 5.25. The number of anilines is 1. The van der Waals surface area contributed by atoms with E-state index in [9.17, 15) is 9.59 Å². The maximum absolute atomic E-state index is 12.8. The summed E-state index contributed by atoms with van der Waals surface area (Å²) in [6.45, 7) is 1.00. The summed E-state index contributed by atoms with van der Waals surface area (Å²) in [5, 5.41) is 0. The van der Waals surface area contributed by atoms with E-state index in [1.54, 1.807) is 18.2 Å². The molecule has 5 rings (SSSR count). The zero-order valence-corrected chi connectivity index (χ0v) is 11.9. The van der Waals surface area contributed by atoms with Gasteiger partial charge in [-0.3, -0.25) is 9.59 Å². The normalized spacial score (nSPS) is 34.5. The summed E-state index contributed by atoms with van der Waals surface area (Å²) in [6, 6.07) is 5.27. The molecule has 0 N–H and O–H groups in total. The molecule has 2 fully saturated rings. The highest BCUT2D eigenvalue weighted by atomic mass is 16.6. The van der Waals surface area contributed by atoms with Crippen LogP contribution < -0.4 is 14.4 Å². The molecular weight excluding hydrogens is 282 g/mol. The van der Waals surface area contributed by atoms with E-state index in [0.717, 1.165) is 6.42 Å². The predicted octanol–water partition coefficient (Wildman–Crippen LogP) is 1.77. The van der Waals surface area contributed by atoms with E-state index in [4.69, 9.17) is 9.47 Å². The van der Waals surface area contributed by atoms with Gasteiger partial charge in [0.25, 0.3) is 0 Å². The molecule has 1 aromatic rings. The van der Waals surface area contributed by atoms with Crippen LogP contribution in [-0.4, -0.2) is 25.0 Å². The third kappa shape index (κ3) is 1.43. The molecule has 0 radical (unpaired) electrons. The molecule has 0 spiro atoms. The Morgan fingerprint density at radius 1 is 0.909 bits per heavy atom. The minimum absolute atomic E-state index is 0.0662. The number of imide groups is 1. The average molecular weight is 297 g/mol. The molecule has 112 valence electrons. The number of carbonyl (C=O) groups is 2. The Morgan fingerprint density at radius 2 is 1.55 bits per heavy atom. The highest BCUT2D eigenvalue weighted by Crippen LogP contribution is 2.53. The molecule has 2 aliphatic carbocycles. The van der Waals surface area contributed by atoms with Crippen LogP contribution in [0.2, 0.25) is 0 Å². The van der Waals surface area contributed by atoms with Crippen molar-refractivity contribution < 1.29 is 19.1 Å². The molecule has 0 aromatic heterocycles. The van der Waals surface area contributed by atoms with Gasteiger partial charge < -0.3 is 9.47 Å². The van der Waals surface area contributed by atoms with Gasteiger partial charge in [0, 0.05) is 6.07 Å². The van der Waals surface area contributed by atoms with Crippen LogP contribution in [0, 0.1) is 23.7 Å². The number of nitrogens with zero attached hydrogens (tertiary/aromatic N) is 1. The highest BCUT2D eigenvalue weighted by molar-refractivity contribution is 6.22. The fraction of sp³-hybridized carbons (Fsp3) is 0.412. The number of carbonyl (C=O) groups excluding carboxylic acids is 2. The van der Waals surface area contributed by atoms with Gasteiger partial charge in [0.1, 0.15) is 13.2 Å². The molecule has 2 heterocycles. The van der Waals surface area contributed by atoms with Crippen LogP contribution >= 0.6 is 0 Å². The second-order valence-corrected chi connectivity index (χ2v) is 6.34. The Morgan fingerprint density at radius 3 is 2.23 bits per heavy atom. The van der Waals surface area contributed by atoms with Crippen molar-refractivity contribution in [2.24, 2.45) is 23.7 Å². The fourth-order valence-electron chi connectivity index (χ4n) is 4.33. The van der Waals surface area contributed by atoms with E-state index in [2.05, 4.69) is 12.2 Å². The van der Waals surface area contributed by atoms with Crippen molar-refractivity contribution >= 4 is 17.5 Å². The molecule has 5 heteroatoms. The largest absolute Gasteiger partial charge is 0.486 e. The number of rotatable bonds is 1. The first kappa shape index (κ1) is 12.3. The van der Waals surface area contributed by atoms with Crippen LogP contribution in [0.5, 0.6) is 11.5 Å². The lowest BCUT2D eigenvalue weighted by molar-refractivity contribution is -0.123. The van der Waals surface area contributed by atoms with Crippen molar-refractivity contribution in [3.63, 3.8) is 0 Å². The van der Waals surface area contributed by atoms with E-state index in [-0.39, 0.29) is 35.5 Å². The first-order valence-corrected chi connectivity index (χ1v) is 7.70. The summed E-state index contributed by atoms with van der Waals surface area (Å²) in [7, 11) is 0. The van der Waals surface area contributed by atoms with Crippen molar-refractivity contribution in [1.82, 2.24) is 0 Å². The number of benzene rings is 1. The van der Waals surface area contributed by atoms with Gasteiger partial charge >= 0.3 is 0 Å². The van der Waals surface area contributed by atoms with Gasteiger partial charge in [0.05, 0.1) is 17.5 Å². The summed E-state index contributed by atoms with van der Waals surface area (Å²) in [4.78, 5) is 26.9. The Bertz CT molecular complexity index is 695. The van der Waals surface area contributed by atoms with E-state index in [0.29, 0.717) is 30.4 Å². The predicted molar refractivity (Wildman–Crippen MR) is 77.6 cm³/mol. The Balaban J connectivity index is 1.54. The number of fused-ring (bicyclic) bond motifs is 6. The first-order chi connectivity index (χ1) is 10.7. The third-order valence-electron chi connectivity index (χ3n) is 5.25. The first-order valence-electron chi connectivity index (χ1n) is 7.70. The summed E-state index contributed by atoms with van der Waals surface area (Å²) < 4.78 is 11.0. The summed E-state index contributed by atoms with van der Waals surface area (Å²) in [5.74, 6) is 1.25. The molecule has 1 saturated heterocycles. The monoisotopic (exact) mass is 297 g/mol. The van der Waals surface area contributed by atoms with E-state index in [1.807, 2.05) is 0 Å². The Kier molecular flexibility index (Phi) is 2.30. The van der Waals surface area contributed by atoms with Gasteiger partial charge in [-0.05, 0) is 30.4 Å². The minimum atomic E-state index is -0.171. The van der Waals surface area contributed by atoms with Gasteiger partial charge in [-0.15, -0.1) is 0 Å². The van der Waals surface area contributed by atoms with E-state index >= 15 is 0 Å². The fourth-order valence-corrected chi connectivity index (χ4v) is 4.33. The van der Waals surface area contributed by atoms with Crippen molar-refractivity contribution in [2.75, 3.05) is 18.1 Å². The lowest BCUT2D eigenvalue weighted by Crippen LogP contribution is -2.33. The van der Waals surface area contributed by atoms with Crippen LogP contribution in [0.1, 0.15) is 6.42 Å². The lowest BCUT2D eigenvalue weighted by Gasteiger charge is -2.22. The molecular formula is C17H15NO4. The molecule has 5 nitrogen and oxygen atoms in total. The summed E-state index contributed by atoms with van der Waals surface area (Å²) in [6.07, 6.45) is 5.15. The Hall–Kier alpha value is -2.30. The molecule has 1 saturated carbocycles. The molecule has 4 unspecified atom stereocenters. The maximum Gasteiger partial charge on any atom is 0.238 e. The number of ether oxygens (including phenoxy) is 2. The smallest absolute Gasteiger partial charge is 0.238 e. The van der Waals surface area contributed by atoms with Crippen molar-refractivity contribution in [2.45, 2.75) is 6.42 Å². The van der Waals surface area contributed by atoms with Crippen molar-refractivity contribution in [3.05, 3.63) is 30.4 Å². The highest BCUT2D eigenvalue weighted by Gasteiger charge is 2.59. The molecule has 2 amide bonds. The van der Waals surface area contributed by atoms with Gasteiger partial charge in [-0.1, -0.05) is 12.2 Å². The number of allylic oxidation sites excluding steroid dienone is 2. The standard InChI is InChI=1S/C17H15NO4/c19-16-14-9-1-2-10(7-9)15(14)17(20)18(16)11-3-4-12-13(8-11)22-6-5-21-12/h1-4,8-10,14-15H,5-7H2. The SMILES string of the molecule is O=C1C2C3C=CC(C3)C2C(=O)N1c1ccc2c(c1)OCCO2. The van der Waals surface area contributed by atoms with Crippen LogP contribution in [0.25, 0.3) is 0 Å². The molecule has 2 aliphatic heterocycles. The minimum Gasteiger partial charge on any atom is -0.486 e. The molecule has 4 atom stereocenters. The molecule has 2 bridgehead atoms. The van der Waals surface area contributed by atoms with Crippen LogP contribution in [0.3, 0.4) is 0 Å². The zero-order chi connectivity index (χ0) is 14.8. The zero-order valence-electron chi connectivity index (χ0n) is 11.9. The molecule has 4 aliphatic rings. The topological polar surface area (TPSA) is 55.8 Å². The number of hydrogen-bond donors (Lipinski definition) is 0. The van der Waals surface area contributed by atoms with Gasteiger partial charge in [-0.2, -0.15) is 0 Å². The summed E-state index contributed by atoms with van der Waals surface area (Å²) >= 11 is 0. The van der Waals surface area contributed by atoms with Crippen LogP contribution in [-0.2, 0) is 9.59 Å². The Labute approximate surface area is 127 Å². The maximum atomic E-state index is 12.8. The number of amides is 2. The summed E-state index contributed by atoms with van der Waals surface area (Å²) in [5.41, 5.74) is 0.591. The van der Waals surface area contributed by atoms with Gasteiger partial charge in [0.15, 0.2) is 11.5 Å².